The van der Waals surface area contributed by atoms with Crippen molar-refractivity contribution in [2.24, 2.45) is 0 Å². The predicted octanol–water partition coefficient (Wildman–Crippen LogP) is 28.9. The fraction of sp³-hybridized carbons (Fsp3) is 0.859. The van der Waals surface area contributed by atoms with Gasteiger partial charge in [0, 0.05) is 12.8 Å². The average Bonchev–Trinajstić information content (AvgIpc) is 1.21. The van der Waals surface area contributed by atoms with Gasteiger partial charge in [-0.2, -0.15) is 0 Å². The lowest BCUT2D eigenvalue weighted by Gasteiger charge is -2.25. The van der Waals surface area contributed by atoms with Crippen molar-refractivity contribution < 1.29 is 42.9 Å². The molecule has 2 atom stereocenters. The van der Waals surface area contributed by atoms with Gasteiger partial charge in [-0.3, -0.25) is 9.59 Å². The van der Waals surface area contributed by atoms with Gasteiger partial charge in [0.15, 0.2) is 6.10 Å². The number of ether oxygens (including phenoxy) is 4. The van der Waals surface area contributed by atoms with Crippen LogP contribution < -0.4 is 0 Å². The monoisotopic (exact) mass is 1420 g/mol. The number of carboxylic acids is 1. The SMILES string of the molecule is CC/C=C\C/C=C\C/C=C\C/C=C\C/C=C\CCCCCCCCCCCCCCCCCCCCCCCCCCCC(=O)OC(COC(=O)CCCCCCCCCCCCCCCCCCCCCCCCCCCCCCCCCCCCC)COC(OCC[N+](C)(C)C)C(=O)O. The first-order chi connectivity index (χ1) is 49.6. The Morgan fingerprint density at radius 3 is 0.842 bits per heavy atom. The molecule has 101 heavy (non-hydrogen) atoms. The van der Waals surface area contributed by atoms with Gasteiger partial charge in [0.05, 0.1) is 34.4 Å². The third-order valence-electron chi connectivity index (χ3n) is 20.3. The summed E-state index contributed by atoms with van der Waals surface area (Å²) in [5.41, 5.74) is 0. The topological polar surface area (TPSA) is 108 Å². The lowest BCUT2D eigenvalue weighted by atomic mass is 10.0. The molecule has 0 aliphatic heterocycles. The molecule has 0 aliphatic carbocycles. The van der Waals surface area contributed by atoms with E-state index in [2.05, 4.69) is 74.6 Å². The Morgan fingerprint density at radius 2 is 0.564 bits per heavy atom. The molecule has 0 aliphatic rings. The Bertz CT molecular complexity index is 1850. The van der Waals surface area contributed by atoms with E-state index in [1.807, 2.05) is 21.1 Å². The predicted molar refractivity (Wildman–Crippen MR) is 438 cm³/mol. The first-order valence-electron chi connectivity index (χ1n) is 44.5. The fourth-order valence-electron chi connectivity index (χ4n) is 13.6. The molecule has 2 unspecified atom stereocenters. The van der Waals surface area contributed by atoms with Crippen LogP contribution in [0.5, 0.6) is 0 Å². The summed E-state index contributed by atoms with van der Waals surface area (Å²) in [6, 6.07) is 0. The number of esters is 2. The number of likely N-dealkylation sites (N-methyl/N-ethyl adjacent to an activating group) is 1. The zero-order valence-corrected chi connectivity index (χ0v) is 68.1. The summed E-state index contributed by atoms with van der Waals surface area (Å²) in [6.07, 6.45) is 109. The Labute approximate surface area is 628 Å². The maximum Gasteiger partial charge on any atom is 0.361 e. The number of aliphatic carboxylic acids is 1. The van der Waals surface area contributed by atoms with E-state index >= 15 is 0 Å². The molecule has 0 aromatic rings. The normalized spacial score (nSPS) is 12.8. The van der Waals surface area contributed by atoms with Gasteiger partial charge >= 0.3 is 17.9 Å². The Morgan fingerprint density at radius 1 is 0.307 bits per heavy atom. The summed E-state index contributed by atoms with van der Waals surface area (Å²) in [6.45, 7) is 4.85. The van der Waals surface area contributed by atoms with E-state index < -0.39 is 18.4 Å². The van der Waals surface area contributed by atoms with Crippen LogP contribution in [-0.4, -0.2) is 87.4 Å². The molecule has 0 aromatic heterocycles. The minimum absolute atomic E-state index is 0.175. The van der Waals surface area contributed by atoms with Crippen LogP contribution in [0.15, 0.2) is 60.8 Å². The van der Waals surface area contributed by atoms with Crippen LogP contribution in [0.4, 0.5) is 0 Å². The Kier molecular flexibility index (Phi) is 80.2. The Hall–Kier alpha value is -3.01. The van der Waals surface area contributed by atoms with E-state index in [1.165, 1.54) is 353 Å². The van der Waals surface area contributed by atoms with Crippen molar-refractivity contribution >= 4 is 17.9 Å². The number of rotatable bonds is 84. The molecule has 0 aromatic carbocycles. The maximum absolute atomic E-state index is 13.0. The number of allylic oxidation sites excluding steroid dienone is 10. The molecule has 0 heterocycles. The second kappa shape index (κ2) is 82.6. The Balaban J connectivity index is 3.90. The first-order valence-corrected chi connectivity index (χ1v) is 44.5. The van der Waals surface area contributed by atoms with Crippen molar-refractivity contribution in [3.05, 3.63) is 60.8 Å². The number of hydrogen-bond acceptors (Lipinski definition) is 7. The third-order valence-corrected chi connectivity index (χ3v) is 20.3. The lowest BCUT2D eigenvalue weighted by Crippen LogP contribution is -2.40. The van der Waals surface area contributed by atoms with Crippen LogP contribution in [0.3, 0.4) is 0 Å². The molecule has 592 valence electrons. The van der Waals surface area contributed by atoms with E-state index in [-0.39, 0.29) is 38.2 Å². The molecule has 9 nitrogen and oxygen atoms in total. The molecule has 0 radical (unpaired) electrons. The molecule has 9 heteroatoms. The molecule has 0 spiro atoms. The maximum atomic E-state index is 13.0. The van der Waals surface area contributed by atoms with E-state index in [4.69, 9.17) is 18.9 Å². The second-order valence-electron chi connectivity index (χ2n) is 31.5. The van der Waals surface area contributed by atoms with E-state index in [1.54, 1.807) is 0 Å². The van der Waals surface area contributed by atoms with Gasteiger partial charge in [-0.1, -0.05) is 441 Å². The molecular weight excluding hydrogens is 1250 g/mol. The van der Waals surface area contributed by atoms with E-state index in [0.29, 0.717) is 17.4 Å². The lowest BCUT2D eigenvalue weighted by molar-refractivity contribution is -0.870. The van der Waals surface area contributed by atoms with Gasteiger partial charge in [-0.25, -0.2) is 4.79 Å². The molecule has 0 bridgehead atoms. The van der Waals surface area contributed by atoms with Crippen molar-refractivity contribution in [3.8, 4) is 0 Å². The van der Waals surface area contributed by atoms with Gasteiger partial charge < -0.3 is 28.5 Å². The summed E-state index contributed by atoms with van der Waals surface area (Å²) in [4.78, 5) is 37.8. The van der Waals surface area contributed by atoms with Gasteiger partial charge in [-0.15, -0.1) is 0 Å². The summed E-state index contributed by atoms with van der Waals surface area (Å²) in [5.74, 6) is -1.97. The quantitative estimate of drug-likeness (QED) is 0.0211. The minimum atomic E-state index is -1.51. The van der Waals surface area contributed by atoms with Crippen LogP contribution in [0.2, 0.25) is 0 Å². The van der Waals surface area contributed by atoms with Crippen molar-refractivity contribution in [2.45, 2.75) is 463 Å². The van der Waals surface area contributed by atoms with Crippen molar-refractivity contribution in [1.82, 2.24) is 0 Å². The molecule has 0 rings (SSSR count). The summed E-state index contributed by atoms with van der Waals surface area (Å²) >= 11 is 0. The van der Waals surface area contributed by atoms with E-state index in [9.17, 15) is 19.5 Å². The van der Waals surface area contributed by atoms with Crippen molar-refractivity contribution in [3.63, 3.8) is 0 Å². The van der Waals surface area contributed by atoms with Gasteiger partial charge in [0.2, 0.25) is 0 Å². The standard InChI is InChI=1S/C92H171NO8/c1-6-8-10-12-14-16-18-20-22-24-26-28-30-32-34-36-38-40-42-43-44-45-46-47-49-51-53-55-57-59-61-63-65-67-69-71-73-75-77-79-81-83-90(95)101-88(87-100-92(91(96)97)98-85-84-93(3,4)5)86-99-89(94)82-80-78-76-74-72-70-68-66-64-62-60-58-56-54-52-50-48-41-39-37-35-33-31-29-27-25-23-21-19-17-15-13-11-9-7-2/h8,10,14,16,20,22,26,28,32,34,88,92H,6-7,9,11-13,15,17-19,21,23-25,27,29-31,33,35-87H2,1-5H3/p+1/b10-8-,16-14-,22-20-,28-26-,34-32-. The summed E-state index contributed by atoms with van der Waals surface area (Å²) < 4.78 is 23.1. The van der Waals surface area contributed by atoms with Crippen LogP contribution in [0.1, 0.15) is 450 Å². The molecule has 1 N–H and O–H groups in total. The number of quaternary nitrogens is 1. The fourth-order valence-corrected chi connectivity index (χ4v) is 13.6. The number of hydrogen-bond donors (Lipinski definition) is 1. The third kappa shape index (κ3) is 84.1. The first kappa shape index (κ1) is 98.0. The number of carboxylic acid groups (broad SMARTS) is 1. The van der Waals surface area contributed by atoms with Crippen LogP contribution in [0.25, 0.3) is 0 Å². The average molecular weight is 1420 g/mol. The molecule has 0 fully saturated rings. The van der Waals surface area contributed by atoms with Crippen molar-refractivity contribution in [2.75, 3.05) is 47.5 Å². The van der Waals surface area contributed by atoms with Gasteiger partial charge in [-0.05, 0) is 57.8 Å². The molecular formula is C92H172NO8+. The number of carbonyl (C=O) groups is 3. The zero-order valence-electron chi connectivity index (χ0n) is 68.1. The highest BCUT2D eigenvalue weighted by molar-refractivity contribution is 5.71. The summed E-state index contributed by atoms with van der Waals surface area (Å²) in [5, 5.41) is 9.79. The minimum Gasteiger partial charge on any atom is -0.477 e. The van der Waals surface area contributed by atoms with Crippen molar-refractivity contribution in [1.29, 1.82) is 0 Å². The van der Waals surface area contributed by atoms with Crippen LogP contribution in [0, 0.1) is 0 Å². The van der Waals surface area contributed by atoms with Gasteiger partial charge in [0.1, 0.15) is 13.2 Å². The second-order valence-corrected chi connectivity index (χ2v) is 31.5. The molecule has 0 saturated heterocycles. The molecule has 0 amide bonds. The van der Waals surface area contributed by atoms with Gasteiger partial charge in [0.25, 0.3) is 6.29 Å². The smallest absolute Gasteiger partial charge is 0.361 e. The number of unbranched alkanes of at least 4 members (excludes halogenated alkanes) is 59. The highest BCUT2D eigenvalue weighted by atomic mass is 16.7. The highest BCUT2D eigenvalue weighted by Crippen LogP contribution is 2.21. The number of nitrogens with zero attached hydrogens (tertiary/aromatic N) is 1. The zero-order chi connectivity index (χ0) is 73.2. The summed E-state index contributed by atoms with van der Waals surface area (Å²) in [7, 11) is 6.00. The van der Waals surface area contributed by atoms with Crippen LogP contribution >= 0.6 is 0 Å². The van der Waals surface area contributed by atoms with E-state index in [0.717, 1.165) is 70.6 Å². The largest absolute Gasteiger partial charge is 0.477 e. The number of carbonyl (C=O) groups excluding carboxylic acids is 2. The molecule has 0 saturated carbocycles. The highest BCUT2D eigenvalue weighted by Gasteiger charge is 2.25. The van der Waals surface area contributed by atoms with Crippen LogP contribution in [-0.2, 0) is 33.3 Å².